The van der Waals surface area contributed by atoms with Crippen LogP contribution in [0.4, 0.5) is 4.39 Å². The summed E-state index contributed by atoms with van der Waals surface area (Å²) in [5.41, 5.74) is 2.41. The zero-order chi connectivity index (χ0) is 48.1. The van der Waals surface area contributed by atoms with Gasteiger partial charge in [0.1, 0.15) is 11.3 Å². The highest BCUT2D eigenvalue weighted by atomic mass is 35.5. The van der Waals surface area contributed by atoms with Crippen LogP contribution in [-0.2, 0) is 39.5 Å². The Kier molecular flexibility index (Phi) is 12.4. The third-order valence-electron chi connectivity index (χ3n) is 12.1. The van der Waals surface area contributed by atoms with Gasteiger partial charge in [-0.25, -0.2) is 24.3 Å². The molecule has 0 aliphatic carbocycles. The van der Waals surface area contributed by atoms with Gasteiger partial charge in [0.2, 0.25) is 5.67 Å². The molecule has 6 aromatic heterocycles. The van der Waals surface area contributed by atoms with Crippen molar-refractivity contribution in [2.45, 2.75) is 11.3 Å². The summed E-state index contributed by atoms with van der Waals surface area (Å²) in [4.78, 5) is 42.9. The van der Waals surface area contributed by atoms with Crippen molar-refractivity contribution >= 4 is 68.5 Å². The minimum atomic E-state index is -2.07. The van der Waals surface area contributed by atoms with E-state index in [1.807, 2.05) is 31.3 Å². The summed E-state index contributed by atoms with van der Waals surface area (Å²) in [6, 6.07) is 34.8. The number of aromatic nitrogens is 8. The number of halogens is 5. The molecule has 10 rings (SSSR count). The Bertz CT molecular complexity index is 3430. The number of nitrogens with zero attached hydrogens (tertiary/aromatic N) is 8. The van der Waals surface area contributed by atoms with Crippen LogP contribution in [0.25, 0.3) is 44.3 Å². The molecule has 1 N–H and O–H groups in total. The highest BCUT2D eigenvalue weighted by Gasteiger charge is 2.40. The highest BCUT2D eigenvalue weighted by molar-refractivity contribution is 6.31. The van der Waals surface area contributed by atoms with Crippen LogP contribution in [0.1, 0.15) is 33.6 Å². The van der Waals surface area contributed by atoms with Crippen molar-refractivity contribution in [3.05, 3.63) is 233 Å². The lowest BCUT2D eigenvalue weighted by molar-refractivity contribution is 0.117. The quantitative estimate of drug-likeness (QED) is 0.161. The second-order valence-corrected chi connectivity index (χ2v) is 18.0. The molecule has 1 unspecified atom stereocenters. The van der Waals surface area contributed by atoms with Crippen molar-refractivity contribution in [2.75, 3.05) is 0 Å². The molecule has 0 bridgehead atoms. The van der Waals surface area contributed by atoms with E-state index < -0.39 is 11.3 Å². The average Bonchev–Trinajstić information content (AvgIpc) is 3.99. The van der Waals surface area contributed by atoms with Gasteiger partial charge in [0.25, 0.3) is 11.1 Å². The SMILES string of the molecule is Cn1cncc1C(O)(c1ccc(Cl)cc1)c1cnc2c(c1)c(-c1cccc(Cl)c1)cc(=O)n2C.Cn1cncc1[C@@](F)(c1ccc(Cl)cc1)c1cnc2c(c1)c(-c1cccc(Cl)c1)cc(=O)n2C. The normalized spacial score (nSPS) is 13.2. The van der Waals surface area contributed by atoms with Gasteiger partial charge in [-0.1, -0.05) is 94.9 Å². The first kappa shape index (κ1) is 46.2. The number of alkyl halides is 1. The van der Waals surface area contributed by atoms with E-state index in [0.29, 0.717) is 86.9 Å². The molecular weight excluding hydrogens is 945 g/mol. The highest BCUT2D eigenvalue weighted by Crippen LogP contribution is 2.43. The van der Waals surface area contributed by atoms with Crippen molar-refractivity contribution in [2.24, 2.45) is 28.2 Å². The molecule has 0 amide bonds. The van der Waals surface area contributed by atoms with Gasteiger partial charge in [0.15, 0.2) is 5.60 Å². The summed E-state index contributed by atoms with van der Waals surface area (Å²) >= 11 is 24.7. The molecule has 0 saturated carbocycles. The monoisotopic (exact) mass is 982 g/mol. The number of benzene rings is 4. The second kappa shape index (κ2) is 18.3. The maximum atomic E-state index is 17.3. The molecule has 68 heavy (non-hydrogen) atoms. The number of aliphatic hydroxyl groups is 1. The van der Waals surface area contributed by atoms with Crippen LogP contribution in [0.5, 0.6) is 0 Å². The van der Waals surface area contributed by atoms with Gasteiger partial charge in [-0.15, -0.1) is 0 Å². The molecule has 16 heteroatoms. The number of pyridine rings is 4. The molecule has 11 nitrogen and oxygen atoms in total. The number of hydrogen-bond donors (Lipinski definition) is 1. The molecule has 0 radical (unpaired) electrons. The Labute approximate surface area is 408 Å². The molecule has 0 spiro atoms. The minimum absolute atomic E-state index is 0.192. The fraction of sp³-hybridized carbons (Fsp3) is 0.115. The van der Waals surface area contributed by atoms with E-state index in [9.17, 15) is 14.7 Å². The molecule has 2 atom stereocenters. The third-order valence-corrected chi connectivity index (χ3v) is 13.1. The van der Waals surface area contributed by atoms with Crippen molar-refractivity contribution in [3.8, 4) is 22.3 Å². The van der Waals surface area contributed by atoms with Gasteiger partial charge < -0.3 is 14.2 Å². The molecule has 4 aromatic carbocycles. The van der Waals surface area contributed by atoms with Gasteiger partial charge in [-0.2, -0.15) is 0 Å². The Morgan fingerprint density at radius 2 is 0.941 bits per heavy atom. The standard InChI is InChI=1S/C26H19Cl2FN4O.C26H20Cl2N4O2/c1-32-15-30-14-23(32)26(29,17-6-8-19(27)9-7-17)18-11-22-21(16-4-3-5-20(28)10-16)12-24(34)33(2)25(22)31-13-18;1-31-15-29-14-23(31)26(34,17-6-8-19(27)9-7-17)18-11-22-21(16-4-3-5-20(28)10-16)12-24(33)32(2)25(22)30-13-18/h3-15H,1-2H3;3-15,34H,1-2H3/t26-;/m1./s1. The van der Waals surface area contributed by atoms with Crippen LogP contribution >= 0.6 is 46.4 Å². The summed E-state index contributed by atoms with van der Waals surface area (Å²) in [6.45, 7) is 0. The Morgan fingerprint density at radius 3 is 1.40 bits per heavy atom. The van der Waals surface area contributed by atoms with Crippen LogP contribution in [0, 0.1) is 0 Å². The lowest BCUT2D eigenvalue weighted by Gasteiger charge is -2.30. The lowest BCUT2D eigenvalue weighted by atomic mass is 9.83. The number of imidazole rings is 2. The lowest BCUT2D eigenvalue weighted by Crippen LogP contribution is -2.31. The second-order valence-electron chi connectivity index (χ2n) is 16.3. The van der Waals surface area contributed by atoms with E-state index in [4.69, 9.17) is 46.4 Å². The fourth-order valence-corrected chi connectivity index (χ4v) is 9.15. The predicted molar refractivity (Wildman–Crippen MR) is 267 cm³/mol. The number of rotatable bonds is 8. The topological polar surface area (TPSA) is 126 Å². The summed E-state index contributed by atoms with van der Waals surface area (Å²) in [6.07, 6.45) is 9.35. The van der Waals surface area contributed by atoms with Crippen molar-refractivity contribution in [1.82, 2.24) is 38.2 Å². The van der Waals surface area contributed by atoms with Crippen LogP contribution in [0.2, 0.25) is 20.1 Å². The maximum absolute atomic E-state index is 17.3. The molecule has 10 aromatic rings. The number of hydrogen-bond acceptors (Lipinski definition) is 7. The summed E-state index contributed by atoms with van der Waals surface area (Å²) in [5, 5.41) is 15.7. The molecule has 0 saturated heterocycles. The van der Waals surface area contributed by atoms with Crippen LogP contribution in [-0.4, -0.2) is 43.3 Å². The first-order valence-corrected chi connectivity index (χ1v) is 22.5. The van der Waals surface area contributed by atoms with Crippen molar-refractivity contribution in [1.29, 1.82) is 0 Å². The van der Waals surface area contributed by atoms with Gasteiger partial charge in [-0.05, 0) is 94.0 Å². The van der Waals surface area contributed by atoms with Crippen molar-refractivity contribution < 1.29 is 9.50 Å². The minimum Gasteiger partial charge on any atom is -0.374 e. The molecule has 6 heterocycles. The fourth-order valence-electron chi connectivity index (χ4n) is 8.52. The zero-order valence-corrected chi connectivity index (χ0v) is 39.8. The largest absolute Gasteiger partial charge is 0.374 e. The first-order chi connectivity index (χ1) is 32.6. The zero-order valence-electron chi connectivity index (χ0n) is 36.7. The summed E-state index contributed by atoms with van der Waals surface area (Å²) < 4.78 is 23.6. The van der Waals surface area contributed by atoms with Crippen LogP contribution in [0.15, 0.2) is 168 Å². The first-order valence-electron chi connectivity index (χ1n) is 21.0. The van der Waals surface area contributed by atoms with Crippen molar-refractivity contribution in [3.63, 3.8) is 0 Å². The predicted octanol–water partition coefficient (Wildman–Crippen LogP) is 10.8. The molecule has 340 valence electrons. The maximum Gasteiger partial charge on any atom is 0.252 e. The van der Waals surface area contributed by atoms with E-state index in [1.54, 1.807) is 146 Å². The van der Waals surface area contributed by atoms with Gasteiger partial charge >= 0.3 is 0 Å². The van der Waals surface area contributed by atoms with E-state index in [1.165, 1.54) is 27.6 Å². The van der Waals surface area contributed by atoms with Gasteiger partial charge in [0, 0.05) is 94.7 Å². The van der Waals surface area contributed by atoms with E-state index >= 15 is 4.39 Å². The number of fused-ring (bicyclic) bond motifs is 2. The summed E-state index contributed by atoms with van der Waals surface area (Å²) in [7, 11) is 6.87. The molecule has 0 fully saturated rings. The van der Waals surface area contributed by atoms with Crippen LogP contribution < -0.4 is 11.1 Å². The smallest absolute Gasteiger partial charge is 0.252 e. The third kappa shape index (κ3) is 8.28. The summed E-state index contributed by atoms with van der Waals surface area (Å²) in [5.74, 6) is 0. The van der Waals surface area contributed by atoms with Crippen LogP contribution in [0.3, 0.4) is 0 Å². The molecular formula is C52H39Cl4FN8O3. The Balaban J connectivity index is 0.000000170. The molecule has 0 aliphatic rings. The van der Waals surface area contributed by atoms with Gasteiger partial charge in [0.05, 0.1) is 36.4 Å². The Morgan fingerprint density at radius 1 is 0.500 bits per heavy atom. The van der Waals surface area contributed by atoms with Gasteiger partial charge in [-0.3, -0.25) is 18.7 Å². The Hall–Kier alpha value is -6.93. The molecule has 0 aliphatic heterocycles. The van der Waals surface area contributed by atoms with E-state index in [2.05, 4.69) is 19.9 Å². The van der Waals surface area contributed by atoms with E-state index in [-0.39, 0.29) is 11.1 Å². The average molecular weight is 985 g/mol. The number of aryl methyl sites for hydroxylation is 4. The van der Waals surface area contributed by atoms with E-state index in [0.717, 1.165) is 11.1 Å².